The van der Waals surface area contributed by atoms with E-state index in [2.05, 4.69) is 16.0 Å². The molecule has 10 heteroatoms. The third-order valence-corrected chi connectivity index (χ3v) is 5.61. The number of amides is 3. The van der Waals surface area contributed by atoms with Crippen LogP contribution in [0.2, 0.25) is 0 Å². The summed E-state index contributed by atoms with van der Waals surface area (Å²) >= 11 is 0. The van der Waals surface area contributed by atoms with Crippen LogP contribution in [-0.2, 0) is 27.4 Å². The summed E-state index contributed by atoms with van der Waals surface area (Å²) in [4.78, 5) is 37.9. The van der Waals surface area contributed by atoms with Gasteiger partial charge in [-0.1, -0.05) is 72.8 Å². The summed E-state index contributed by atoms with van der Waals surface area (Å²) < 4.78 is 5.17. The number of nitrogens with two attached hydrogens (primary N) is 1. The van der Waals surface area contributed by atoms with E-state index in [9.17, 15) is 19.5 Å². The molecule has 3 aromatic carbocycles. The topological polar surface area (TPSA) is 143 Å². The second-order valence-electron chi connectivity index (χ2n) is 8.51. The predicted molar refractivity (Wildman–Crippen MR) is 144 cm³/mol. The molecule has 0 fully saturated rings. The van der Waals surface area contributed by atoms with Gasteiger partial charge in [0.2, 0.25) is 11.8 Å². The fourth-order valence-corrected chi connectivity index (χ4v) is 3.54. The highest BCUT2D eigenvalue weighted by Crippen LogP contribution is 2.17. The Morgan fingerprint density at radius 1 is 0.892 bits per heavy atom. The van der Waals surface area contributed by atoms with Gasteiger partial charge in [-0.05, 0) is 28.8 Å². The molecule has 0 aromatic heterocycles. The second kappa shape index (κ2) is 14.8. The number of rotatable bonds is 11. The van der Waals surface area contributed by atoms with Gasteiger partial charge in [0, 0.05) is 19.5 Å². The molecular weight excluding hydrogens is 496 g/mol. The Labute approximate surface area is 222 Å². The van der Waals surface area contributed by atoms with Gasteiger partial charge < -0.3 is 31.5 Å². The minimum Gasteiger partial charge on any atom is -0.445 e. The van der Waals surface area contributed by atoms with E-state index < -0.39 is 36.1 Å². The lowest BCUT2D eigenvalue weighted by Crippen LogP contribution is -2.54. The van der Waals surface area contributed by atoms with Gasteiger partial charge in [-0.15, -0.1) is 12.4 Å². The molecule has 3 rings (SSSR count). The van der Waals surface area contributed by atoms with E-state index in [0.29, 0.717) is 0 Å². The summed E-state index contributed by atoms with van der Waals surface area (Å²) in [6.07, 6.45) is -1.43. The molecule has 0 heterocycles. The van der Waals surface area contributed by atoms with Gasteiger partial charge in [-0.3, -0.25) is 9.59 Å². The average molecular weight is 529 g/mol. The van der Waals surface area contributed by atoms with Gasteiger partial charge >= 0.3 is 6.09 Å². The summed E-state index contributed by atoms with van der Waals surface area (Å²) in [5.74, 6) is -1.02. The average Bonchev–Trinajstić information content (AvgIpc) is 2.90. The molecule has 3 amide bonds. The predicted octanol–water partition coefficient (Wildman–Crippen LogP) is 2.04. The third-order valence-electron chi connectivity index (χ3n) is 5.61. The van der Waals surface area contributed by atoms with E-state index in [0.717, 1.165) is 21.9 Å². The first-order chi connectivity index (χ1) is 17.4. The highest BCUT2D eigenvalue weighted by molar-refractivity contribution is 5.91. The quantitative estimate of drug-likeness (QED) is 0.258. The number of ether oxygens (including phenoxy) is 1. The lowest BCUT2D eigenvalue weighted by atomic mass is 10.0. The number of aliphatic hydroxyl groups is 1. The number of carbonyl (C=O) groups is 3. The maximum Gasteiger partial charge on any atom is 0.408 e. The van der Waals surface area contributed by atoms with Gasteiger partial charge in [0.05, 0.1) is 6.10 Å². The Morgan fingerprint density at radius 3 is 2.27 bits per heavy atom. The molecule has 0 saturated heterocycles. The van der Waals surface area contributed by atoms with Crippen LogP contribution >= 0.6 is 12.4 Å². The molecular formula is C27H33ClN4O5. The number of alkyl carbamates (subject to hydrolysis) is 1. The van der Waals surface area contributed by atoms with Crippen LogP contribution in [0.25, 0.3) is 10.8 Å². The first-order valence-corrected chi connectivity index (χ1v) is 11.8. The van der Waals surface area contributed by atoms with Crippen LogP contribution in [0.4, 0.5) is 4.79 Å². The van der Waals surface area contributed by atoms with Crippen LogP contribution in [0.1, 0.15) is 18.1 Å². The molecule has 0 spiro atoms. The van der Waals surface area contributed by atoms with E-state index in [-0.39, 0.29) is 38.5 Å². The zero-order chi connectivity index (χ0) is 25.9. The SMILES string of the molecule is C[C@@H](NC(=O)OCc1ccccc1)C(=O)N[C@H](Cc1ccc2ccccc2c1)C(=O)NCC(O)CN.Cl. The monoisotopic (exact) mass is 528 g/mol. The molecule has 0 aliphatic rings. The normalized spacial score (nSPS) is 12.9. The highest BCUT2D eigenvalue weighted by Gasteiger charge is 2.25. The number of aliphatic hydroxyl groups excluding tert-OH is 1. The lowest BCUT2D eigenvalue weighted by Gasteiger charge is -2.22. The molecule has 0 aliphatic carbocycles. The van der Waals surface area contributed by atoms with Crippen LogP contribution in [0.15, 0.2) is 72.8 Å². The van der Waals surface area contributed by atoms with Crippen LogP contribution < -0.4 is 21.7 Å². The zero-order valence-corrected chi connectivity index (χ0v) is 21.4. The molecule has 0 radical (unpaired) electrons. The molecule has 37 heavy (non-hydrogen) atoms. The fraction of sp³-hybridized carbons (Fsp3) is 0.296. The third kappa shape index (κ3) is 9.38. The van der Waals surface area contributed by atoms with Crippen molar-refractivity contribution in [2.75, 3.05) is 13.1 Å². The number of benzene rings is 3. The Bertz CT molecular complexity index is 1180. The number of fused-ring (bicyclic) bond motifs is 1. The van der Waals surface area contributed by atoms with Crippen molar-refractivity contribution in [3.05, 3.63) is 83.9 Å². The number of nitrogens with one attached hydrogen (secondary N) is 3. The van der Waals surface area contributed by atoms with Gasteiger partial charge in [0.15, 0.2) is 0 Å². The van der Waals surface area contributed by atoms with E-state index in [1.807, 2.05) is 72.8 Å². The Kier molecular flexibility index (Phi) is 11.8. The highest BCUT2D eigenvalue weighted by atomic mass is 35.5. The van der Waals surface area contributed by atoms with Crippen molar-refractivity contribution in [2.45, 2.75) is 38.1 Å². The molecule has 3 atom stereocenters. The maximum absolute atomic E-state index is 12.9. The van der Waals surface area contributed by atoms with Crippen LogP contribution in [0.3, 0.4) is 0 Å². The number of hydrogen-bond donors (Lipinski definition) is 5. The van der Waals surface area contributed by atoms with Crippen molar-refractivity contribution >= 4 is 41.1 Å². The van der Waals surface area contributed by atoms with E-state index in [4.69, 9.17) is 10.5 Å². The van der Waals surface area contributed by atoms with Crippen molar-refractivity contribution in [3.8, 4) is 0 Å². The van der Waals surface area contributed by atoms with E-state index >= 15 is 0 Å². The minimum atomic E-state index is -0.949. The smallest absolute Gasteiger partial charge is 0.408 e. The Balaban J connectivity index is 0.00000481. The first-order valence-electron chi connectivity index (χ1n) is 11.8. The summed E-state index contributed by atoms with van der Waals surface area (Å²) in [6.45, 7) is 1.52. The zero-order valence-electron chi connectivity index (χ0n) is 20.6. The van der Waals surface area contributed by atoms with Gasteiger partial charge in [-0.2, -0.15) is 0 Å². The molecule has 9 nitrogen and oxygen atoms in total. The fourth-order valence-electron chi connectivity index (χ4n) is 3.54. The van der Waals surface area contributed by atoms with Gasteiger partial charge in [0.1, 0.15) is 18.7 Å². The Hall–Kier alpha value is -3.66. The lowest BCUT2D eigenvalue weighted by molar-refractivity contribution is -0.130. The number of hydrogen-bond acceptors (Lipinski definition) is 6. The largest absolute Gasteiger partial charge is 0.445 e. The summed E-state index contributed by atoms with van der Waals surface area (Å²) in [5, 5.41) is 19.6. The summed E-state index contributed by atoms with van der Waals surface area (Å²) in [5.41, 5.74) is 7.08. The van der Waals surface area contributed by atoms with Crippen molar-refractivity contribution in [2.24, 2.45) is 5.73 Å². The maximum atomic E-state index is 12.9. The Morgan fingerprint density at radius 2 is 1.57 bits per heavy atom. The van der Waals surface area contributed by atoms with E-state index in [1.165, 1.54) is 6.92 Å². The second-order valence-corrected chi connectivity index (χ2v) is 8.51. The van der Waals surface area contributed by atoms with Crippen molar-refractivity contribution in [3.63, 3.8) is 0 Å². The molecule has 0 bridgehead atoms. The minimum absolute atomic E-state index is 0. The van der Waals surface area contributed by atoms with Crippen molar-refractivity contribution < 1.29 is 24.2 Å². The molecule has 0 aliphatic heterocycles. The summed E-state index contributed by atoms with van der Waals surface area (Å²) in [6, 6.07) is 20.9. The molecule has 3 aromatic rings. The van der Waals surface area contributed by atoms with Crippen LogP contribution in [0, 0.1) is 0 Å². The standard InChI is InChI=1S/C27H32N4O5.ClH/c1-18(30-27(35)36-17-19-7-3-2-4-8-19)25(33)31-24(26(34)29-16-23(32)15-28)14-20-11-12-21-9-5-6-10-22(21)13-20;/h2-13,18,23-24,32H,14-17,28H2,1H3,(H,29,34)(H,30,35)(H,31,33);1H/t18-,23?,24-;/m1./s1. The first kappa shape index (κ1) is 29.6. The van der Waals surface area contributed by atoms with Crippen LogP contribution in [-0.4, -0.2) is 54.3 Å². The molecule has 0 saturated carbocycles. The van der Waals surface area contributed by atoms with E-state index in [1.54, 1.807) is 0 Å². The molecule has 198 valence electrons. The van der Waals surface area contributed by atoms with Crippen LogP contribution in [0.5, 0.6) is 0 Å². The molecule has 1 unspecified atom stereocenters. The van der Waals surface area contributed by atoms with Crippen molar-refractivity contribution in [1.82, 2.24) is 16.0 Å². The van der Waals surface area contributed by atoms with Gasteiger partial charge in [0.25, 0.3) is 0 Å². The molecule has 6 N–H and O–H groups in total. The van der Waals surface area contributed by atoms with Crippen molar-refractivity contribution in [1.29, 1.82) is 0 Å². The number of carbonyl (C=O) groups excluding carboxylic acids is 3. The summed E-state index contributed by atoms with van der Waals surface area (Å²) in [7, 11) is 0. The number of halogens is 1. The van der Waals surface area contributed by atoms with Gasteiger partial charge in [-0.25, -0.2) is 4.79 Å².